The fraction of sp³-hybridized carbons (Fsp3) is 0.188. The van der Waals surface area contributed by atoms with Crippen LogP contribution in [0, 0.1) is 0 Å². The van der Waals surface area contributed by atoms with Gasteiger partial charge in [-0.1, -0.05) is 48.7 Å². The summed E-state index contributed by atoms with van der Waals surface area (Å²) in [6.07, 6.45) is 4.27. The Balaban J connectivity index is 0.000000128. The molecule has 16 rings (SSSR count). The summed E-state index contributed by atoms with van der Waals surface area (Å²) in [5.74, 6) is 0. The van der Waals surface area contributed by atoms with Crippen LogP contribution in [-0.4, -0.2) is 148 Å². The standard InChI is InChI=1S/C18H17ClN6O2.C18H15F3N6O2.C17H13F3N6O2.C16H13ClN6O2/c1-2-3-7-20-18(27)25-16-13(10-22-25)15-14(9-21-16)17(26)24(23-15)12-6-4-5-11(19)8-12;1-9(2)24-17(29)27-15-12(8-23-27)14-13(7-22-15)16(28)26(25-14)11-5-3-10(4-6-11)18(19,20)21;1-2-21-16(28)26-14-11(8-23-26)13-12(7-22-14)15(27)25(24-13)10-5-3-9(4-6-10)17(18,19)20;1-2-18-16(25)23-14-11(8-20-23)13-12(7-19-14)15(24)22(21-13)10-5-3-4-9(17)6-10/h4-6,8-10,23H,2-3,7H2,1H3,(H,20,27);3-9,25H,1-2H3,(H,24,29);3-8,24H,2H2,1H3,(H,21,28);3-8,21H,2H2,1H3,(H,18,25). The van der Waals surface area contributed by atoms with E-state index in [0.717, 1.165) is 55.8 Å². The van der Waals surface area contributed by atoms with Gasteiger partial charge in [-0.3, -0.25) is 39.6 Å². The van der Waals surface area contributed by atoms with E-state index in [1.54, 1.807) is 69.3 Å². The average molecular weight is 1540 g/mol. The maximum Gasteiger partial charge on any atom is 0.416 e. The van der Waals surface area contributed by atoms with Crippen LogP contribution in [0.3, 0.4) is 0 Å². The number of hydrogen-bond acceptors (Lipinski definition) is 16. The Morgan fingerprint density at radius 1 is 0.413 bits per heavy atom. The van der Waals surface area contributed by atoms with Crippen LogP contribution >= 0.6 is 23.2 Å². The van der Waals surface area contributed by atoms with Gasteiger partial charge in [0.1, 0.15) is 0 Å². The van der Waals surface area contributed by atoms with E-state index in [-0.39, 0.29) is 62.7 Å². The number of nitrogens with one attached hydrogen (secondary N) is 8. The normalized spacial score (nSPS) is 11.7. The first-order valence-electron chi connectivity index (χ1n) is 33.1. The Labute approximate surface area is 614 Å². The molecule has 4 amide bonds. The van der Waals surface area contributed by atoms with Crippen molar-refractivity contribution in [2.24, 2.45) is 0 Å². The molecule has 4 aromatic carbocycles. The lowest BCUT2D eigenvalue weighted by molar-refractivity contribution is -0.138. The summed E-state index contributed by atoms with van der Waals surface area (Å²) < 4.78 is 86.1. The molecule has 16 aromatic rings. The van der Waals surface area contributed by atoms with Gasteiger partial charge >= 0.3 is 36.5 Å². The van der Waals surface area contributed by atoms with Crippen molar-refractivity contribution < 1.29 is 45.5 Å². The van der Waals surface area contributed by atoms with E-state index in [1.807, 2.05) is 6.92 Å². The number of carbonyl (C=O) groups is 4. The number of H-pyrrole nitrogens is 4. The van der Waals surface area contributed by atoms with Crippen molar-refractivity contribution in [3.8, 4) is 22.7 Å². The van der Waals surface area contributed by atoms with Gasteiger partial charge in [-0.05, 0) is 119 Å². The Morgan fingerprint density at radius 3 is 1.00 bits per heavy atom. The van der Waals surface area contributed by atoms with Gasteiger partial charge in [-0.25, -0.2) is 57.8 Å². The number of fused-ring (bicyclic) bond motifs is 12. The number of halogens is 8. The number of rotatable bonds is 10. The highest BCUT2D eigenvalue weighted by atomic mass is 35.5. The van der Waals surface area contributed by atoms with Crippen molar-refractivity contribution in [2.45, 2.75) is 65.9 Å². The van der Waals surface area contributed by atoms with E-state index in [9.17, 15) is 64.7 Å². The van der Waals surface area contributed by atoms with Crippen LogP contribution in [0.2, 0.25) is 10.0 Å². The van der Waals surface area contributed by atoms with Gasteiger partial charge in [-0.2, -0.15) is 65.5 Å². The van der Waals surface area contributed by atoms with Crippen LogP contribution in [-0.2, 0) is 12.4 Å². The molecule has 0 spiro atoms. The van der Waals surface area contributed by atoms with Gasteiger partial charge in [0.25, 0.3) is 22.2 Å². The number of unbranched alkanes of at least 4 members (excludes halogenated alkanes) is 1. The van der Waals surface area contributed by atoms with E-state index in [4.69, 9.17) is 23.2 Å². The predicted octanol–water partition coefficient (Wildman–Crippen LogP) is 11.1. The number of hydrogen-bond donors (Lipinski definition) is 8. The average Bonchev–Trinajstić information content (AvgIpc) is 1.62. The first-order chi connectivity index (χ1) is 52.2. The molecule has 0 radical (unpaired) electrons. The van der Waals surface area contributed by atoms with Gasteiger partial charge in [0.15, 0.2) is 22.6 Å². The van der Waals surface area contributed by atoms with E-state index >= 15 is 0 Å². The number of amides is 4. The zero-order chi connectivity index (χ0) is 77.5. The fourth-order valence-electron chi connectivity index (χ4n) is 11.5. The second-order valence-electron chi connectivity index (χ2n) is 24.3. The quantitative estimate of drug-likeness (QED) is 0.0466. The van der Waals surface area contributed by atoms with Crippen molar-refractivity contribution in [3.63, 3.8) is 0 Å². The van der Waals surface area contributed by atoms with Crippen LogP contribution in [0.4, 0.5) is 45.5 Å². The van der Waals surface area contributed by atoms with E-state index in [1.165, 1.54) is 92.6 Å². The summed E-state index contributed by atoms with van der Waals surface area (Å²) in [7, 11) is 0. The first-order valence-corrected chi connectivity index (χ1v) is 33.9. The number of aromatic nitrogens is 20. The fourth-order valence-corrected chi connectivity index (χ4v) is 11.9. The van der Waals surface area contributed by atoms with Crippen molar-refractivity contribution in [1.82, 2.24) is 119 Å². The largest absolute Gasteiger partial charge is 0.416 e. The van der Waals surface area contributed by atoms with Gasteiger partial charge in [0.2, 0.25) is 0 Å². The van der Waals surface area contributed by atoms with E-state index in [2.05, 4.69) is 88.9 Å². The lowest BCUT2D eigenvalue weighted by Crippen LogP contribution is -2.34. The number of aromatic amines is 4. The third kappa shape index (κ3) is 14.3. The lowest BCUT2D eigenvalue weighted by Gasteiger charge is -2.07. The van der Waals surface area contributed by atoms with Gasteiger partial charge in [0.05, 0.1) is 124 Å². The Hall–Kier alpha value is -13.5. The van der Waals surface area contributed by atoms with Gasteiger partial charge in [0, 0.05) is 60.5 Å². The SMILES string of the molecule is CC(C)NC(=O)n1ncc2c3[nH]n(-c4ccc(C(F)(F)F)cc4)c(=O)c3cnc21.CCCCNC(=O)n1ncc2c3[nH]n(-c4cccc(Cl)c4)c(=O)c3cnc21.CCNC(=O)n1ncc2c3[nH]n(-c4ccc(C(F)(F)F)cc4)c(=O)c3cnc21.CCNC(=O)n1ncc2c3[nH]n(-c4cccc(Cl)c4)c(=O)c3cnc21. The molecule has 12 heterocycles. The van der Waals surface area contributed by atoms with E-state index < -0.39 is 46.7 Å². The van der Waals surface area contributed by atoms with Crippen molar-refractivity contribution in [3.05, 3.63) is 209 Å². The second kappa shape index (κ2) is 29.8. The summed E-state index contributed by atoms with van der Waals surface area (Å²) in [6.45, 7) is 10.7. The summed E-state index contributed by atoms with van der Waals surface area (Å²) in [5, 5.41) is 43.3. The number of carbonyl (C=O) groups excluding carboxylic acids is 4. The molecule has 0 saturated heterocycles. The molecule has 0 bridgehead atoms. The molecule has 0 aliphatic carbocycles. The minimum Gasteiger partial charge on any atom is -0.336 e. The van der Waals surface area contributed by atoms with Gasteiger partial charge in [-0.15, -0.1) is 0 Å². The number of pyridine rings is 4. The van der Waals surface area contributed by atoms with Crippen molar-refractivity contribution in [1.29, 1.82) is 0 Å². The zero-order valence-corrected chi connectivity index (χ0v) is 58.9. The Kier molecular flexibility index (Phi) is 20.2. The Bertz CT molecular complexity index is 6470. The molecule has 12 aromatic heterocycles. The molecule has 0 unspecified atom stereocenters. The number of nitrogens with zero attached hydrogens (tertiary/aromatic N) is 16. The molecule has 8 N–H and O–H groups in total. The molecule has 0 fully saturated rings. The molecular formula is C69H58Cl2F6N24O8. The highest BCUT2D eigenvalue weighted by molar-refractivity contribution is 6.31. The molecule has 0 aliphatic rings. The predicted molar refractivity (Wildman–Crippen MR) is 392 cm³/mol. The maximum absolute atomic E-state index is 12.8. The van der Waals surface area contributed by atoms with Crippen molar-refractivity contribution in [2.75, 3.05) is 19.6 Å². The summed E-state index contributed by atoms with van der Waals surface area (Å²) in [5.41, 5.74) is 1.75. The third-order valence-corrected chi connectivity index (χ3v) is 17.2. The summed E-state index contributed by atoms with van der Waals surface area (Å²) >= 11 is 12.0. The molecule has 0 aliphatic heterocycles. The smallest absolute Gasteiger partial charge is 0.336 e. The minimum atomic E-state index is -4.47. The maximum atomic E-state index is 12.8. The first kappa shape index (κ1) is 73.8. The highest BCUT2D eigenvalue weighted by Crippen LogP contribution is 2.32. The monoisotopic (exact) mass is 1530 g/mol. The molecule has 109 heavy (non-hydrogen) atoms. The van der Waals surface area contributed by atoms with Crippen molar-refractivity contribution >= 4 is 135 Å². The van der Waals surface area contributed by atoms with Crippen LogP contribution in [0.5, 0.6) is 0 Å². The highest BCUT2D eigenvalue weighted by Gasteiger charge is 2.32. The van der Waals surface area contributed by atoms with Crippen LogP contribution in [0.15, 0.2) is 166 Å². The summed E-state index contributed by atoms with van der Waals surface area (Å²) in [6, 6.07) is 20.5. The minimum absolute atomic E-state index is 0.106. The van der Waals surface area contributed by atoms with Crippen LogP contribution < -0.4 is 43.5 Å². The third-order valence-electron chi connectivity index (χ3n) is 16.7. The van der Waals surface area contributed by atoms with Crippen LogP contribution in [0.1, 0.15) is 58.6 Å². The zero-order valence-electron chi connectivity index (χ0n) is 57.4. The summed E-state index contributed by atoms with van der Waals surface area (Å²) in [4.78, 5) is 116. The molecule has 40 heteroatoms. The van der Waals surface area contributed by atoms with E-state index in [0.29, 0.717) is 107 Å². The molecule has 0 saturated carbocycles. The topological polar surface area (TPSA) is 390 Å². The van der Waals surface area contributed by atoms with Gasteiger partial charge < -0.3 is 21.3 Å². The Morgan fingerprint density at radius 2 is 0.716 bits per heavy atom. The number of benzene rings is 4. The lowest BCUT2D eigenvalue weighted by atomic mass is 10.2. The molecule has 32 nitrogen and oxygen atoms in total. The molecule has 558 valence electrons. The second-order valence-corrected chi connectivity index (χ2v) is 25.2. The molecular weight excluding hydrogens is 1480 g/mol. The van der Waals surface area contributed by atoms with Crippen LogP contribution in [0.25, 0.3) is 110 Å². The molecule has 0 atom stereocenters. The number of alkyl halides is 6.